The first kappa shape index (κ1) is 35.0. The second kappa shape index (κ2) is 13.4. The maximum Gasteiger partial charge on any atom is 0.143 e. The van der Waals surface area contributed by atoms with Crippen molar-refractivity contribution >= 4 is 87.5 Å². The summed E-state index contributed by atoms with van der Waals surface area (Å²) in [5.41, 5.74) is 17.2. The van der Waals surface area contributed by atoms with E-state index in [0.29, 0.717) is 0 Å². The lowest BCUT2D eigenvalue weighted by atomic mass is 9.91. The van der Waals surface area contributed by atoms with Crippen molar-refractivity contribution in [1.82, 2.24) is 9.13 Å². The Labute approximate surface area is 367 Å². The molecule has 0 aliphatic heterocycles. The van der Waals surface area contributed by atoms with Crippen LogP contribution in [0.25, 0.3) is 132 Å². The Hall–Kier alpha value is -8.60. The summed E-state index contributed by atoms with van der Waals surface area (Å²) in [4.78, 5) is 0. The molecule has 0 amide bonds. The quantitative estimate of drug-likeness (QED) is 0.173. The number of nitrogens with zero attached hydrogens (tertiary/aromatic N) is 2. The summed E-state index contributed by atoms with van der Waals surface area (Å²) < 4.78 is 17.8. The number of fused-ring (bicyclic) bond motifs is 12. The van der Waals surface area contributed by atoms with Gasteiger partial charge in [0, 0.05) is 65.6 Å². The monoisotopic (exact) mass is 816 g/mol. The van der Waals surface area contributed by atoms with Crippen molar-refractivity contribution in [3.05, 3.63) is 218 Å². The molecule has 4 aromatic heterocycles. The van der Waals surface area contributed by atoms with E-state index in [-0.39, 0.29) is 0 Å². The molecule has 0 saturated carbocycles. The van der Waals surface area contributed by atoms with E-state index in [9.17, 15) is 0 Å². The zero-order valence-corrected chi connectivity index (χ0v) is 34.5. The van der Waals surface area contributed by atoms with Crippen molar-refractivity contribution in [1.29, 1.82) is 0 Å². The van der Waals surface area contributed by atoms with Gasteiger partial charge in [0.1, 0.15) is 22.3 Å². The summed E-state index contributed by atoms with van der Waals surface area (Å²) in [7, 11) is 0. The highest BCUT2D eigenvalue weighted by molar-refractivity contribution is 6.16. The van der Waals surface area contributed by atoms with Gasteiger partial charge >= 0.3 is 0 Å². The summed E-state index contributed by atoms with van der Waals surface area (Å²) in [5.74, 6) is 0. The third kappa shape index (κ3) is 5.11. The molecule has 0 unspecified atom stereocenters. The van der Waals surface area contributed by atoms with Crippen LogP contribution in [0, 0.1) is 0 Å². The minimum atomic E-state index is 0.889. The van der Waals surface area contributed by atoms with E-state index >= 15 is 0 Å². The van der Waals surface area contributed by atoms with Gasteiger partial charge in [-0.15, -0.1) is 0 Å². The first-order valence-electron chi connectivity index (χ1n) is 21.8. The van der Waals surface area contributed by atoms with Crippen LogP contribution in [0.2, 0.25) is 0 Å². The fourth-order valence-electron chi connectivity index (χ4n) is 10.5. The number of hydrogen-bond donors (Lipinski definition) is 0. The van der Waals surface area contributed by atoms with E-state index in [0.717, 1.165) is 99.7 Å². The van der Waals surface area contributed by atoms with Crippen LogP contribution in [-0.2, 0) is 0 Å². The molecule has 0 spiro atoms. The van der Waals surface area contributed by atoms with Gasteiger partial charge < -0.3 is 18.0 Å². The van der Waals surface area contributed by atoms with Gasteiger partial charge in [0.15, 0.2) is 0 Å². The molecule has 298 valence electrons. The van der Waals surface area contributed by atoms with E-state index in [2.05, 4.69) is 209 Å². The zero-order chi connectivity index (χ0) is 41.9. The van der Waals surface area contributed by atoms with Crippen LogP contribution < -0.4 is 0 Å². The van der Waals surface area contributed by atoms with Gasteiger partial charge in [-0.2, -0.15) is 0 Å². The van der Waals surface area contributed by atoms with Crippen LogP contribution in [0.3, 0.4) is 0 Å². The lowest BCUT2D eigenvalue weighted by Gasteiger charge is -2.15. The highest BCUT2D eigenvalue weighted by Gasteiger charge is 2.21. The van der Waals surface area contributed by atoms with Crippen molar-refractivity contribution in [2.24, 2.45) is 0 Å². The van der Waals surface area contributed by atoms with Crippen molar-refractivity contribution in [3.8, 4) is 44.8 Å². The first-order chi connectivity index (χ1) is 31.7. The van der Waals surface area contributed by atoms with Crippen LogP contribution in [0.4, 0.5) is 0 Å². The van der Waals surface area contributed by atoms with Crippen molar-refractivity contribution in [2.45, 2.75) is 0 Å². The summed E-state index contributed by atoms with van der Waals surface area (Å²) in [6, 6.07) is 78.7. The van der Waals surface area contributed by atoms with Crippen molar-refractivity contribution in [3.63, 3.8) is 0 Å². The first-order valence-corrected chi connectivity index (χ1v) is 21.8. The summed E-state index contributed by atoms with van der Waals surface area (Å²) in [6.07, 6.45) is 0. The lowest BCUT2D eigenvalue weighted by Crippen LogP contribution is -1.95. The third-order valence-corrected chi connectivity index (χ3v) is 13.3. The topological polar surface area (TPSA) is 36.1 Å². The highest BCUT2D eigenvalue weighted by atomic mass is 16.3. The Morgan fingerprint density at radius 2 is 0.828 bits per heavy atom. The van der Waals surface area contributed by atoms with Gasteiger partial charge in [-0.1, -0.05) is 133 Å². The predicted molar refractivity (Wildman–Crippen MR) is 266 cm³/mol. The normalized spacial score (nSPS) is 12.1. The number of aromatic nitrogens is 2. The highest BCUT2D eigenvalue weighted by Crippen LogP contribution is 2.44. The van der Waals surface area contributed by atoms with E-state index < -0.39 is 0 Å². The minimum absolute atomic E-state index is 0.889. The van der Waals surface area contributed by atoms with Crippen LogP contribution in [0.5, 0.6) is 0 Å². The number of hydrogen-bond acceptors (Lipinski definition) is 2. The largest absolute Gasteiger partial charge is 0.456 e. The second-order valence-corrected chi connectivity index (χ2v) is 16.8. The van der Waals surface area contributed by atoms with E-state index in [1.54, 1.807) is 0 Å². The van der Waals surface area contributed by atoms with E-state index in [4.69, 9.17) is 8.83 Å². The third-order valence-electron chi connectivity index (χ3n) is 13.3. The second-order valence-electron chi connectivity index (χ2n) is 16.8. The molecule has 14 rings (SSSR count). The molecule has 0 bridgehead atoms. The molecule has 64 heavy (non-hydrogen) atoms. The fourth-order valence-corrected chi connectivity index (χ4v) is 10.5. The molecule has 10 aromatic carbocycles. The number of benzene rings is 10. The molecule has 0 N–H and O–H groups in total. The average molecular weight is 817 g/mol. The lowest BCUT2D eigenvalue weighted by molar-refractivity contribution is 0.669. The molecule has 4 heterocycles. The van der Waals surface area contributed by atoms with Gasteiger partial charge in [0.05, 0.1) is 22.1 Å². The zero-order valence-electron chi connectivity index (χ0n) is 34.5. The van der Waals surface area contributed by atoms with Crippen LogP contribution in [0.1, 0.15) is 0 Å². The van der Waals surface area contributed by atoms with Gasteiger partial charge in [-0.05, 0) is 107 Å². The predicted octanol–water partition coefficient (Wildman–Crippen LogP) is 16.7. The average Bonchev–Trinajstić information content (AvgIpc) is 4.11. The Kier molecular flexibility index (Phi) is 7.36. The van der Waals surface area contributed by atoms with E-state index in [1.807, 2.05) is 18.2 Å². The van der Waals surface area contributed by atoms with Crippen molar-refractivity contribution in [2.75, 3.05) is 0 Å². The standard InChI is InChI=1S/C60H36N2O2/c1-2-14-41(15-3-1)62-54-25-9-4-16-45(54)49-22-12-20-43(59(49)62)39-32-38(33-40(34-39)44-21-13-23-50-47-18-6-11-27-57(47)64-60(44)50)37-28-30-55-51(35-37)46-17-5-8-24-53(46)61(55)42-29-31-58-52(36-42)48-19-7-10-26-56(48)63-58/h1-36H. The molecule has 0 radical (unpaired) electrons. The van der Waals surface area contributed by atoms with Gasteiger partial charge in [-0.3, -0.25) is 0 Å². The molecule has 0 aliphatic carbocycles. The molecule has 4 heteroatoms. The Morgan fingerprint density at radius 1 is 0.266 bits per heavy atom. The number of rotatable bonds is 5. The van der Waals surface area contributed by atoms with Crippen LogP contribution >= 0.6 is 0 Å². The molecular weight excluding hydrogens is 781 g/mol. The summed E-state index contributed by atoms with van der Waals surface area (Å²) in [6.45, 7) is 0. The Bertz CT molecular complexity index is 4200. The molecule has 0 saturated heterocycles. The Balaban J connectivity index is 1.03. The van der Waals surface area contributed by atoms with Gasteiger partial charge in [-0.25, -0.2) is 0 Å². The molecule has 14 aromatic rings. The van der Waals surface area contributed by atoms with Gasteiger partial charge in [0.25, 0.3) is 0 Å². The molecule has 0 fully saturated rings. The van der Waals surface area contributed by atoms with Crippen LogP contribution in [0.15, 0.2) is 227 Å². The maximum absolute atomic E-state index is 6.70. The van der Waals surface area contributed by atoms with E-state index in [1.165, 1.54) is 32.6 Å². The van der Waals surface area contributed by atoms with Gasteiger partial charge in [0.2, 0.25) is 0 Å². The molecular formula is C60H36N2O2. The molecule has 0 atom stereocenters. The SMILES string of the molecule is c1ccc(-n2c3ccccc3c3cccc(-c4cc(-c5ccc6c(c5)c5ccccc5n6-c5ccc6oc7ccccc7c6c5)cc(-c5cccc6c5oc5ccccc56)c4)c32)cc1. The summed E-state index contributed by atoms with van der Waals surface area (Å²) >= 11 is 0. The fraction of sp³-hybridized carbons (Fsp3) is 0. The summed E-state index contributed by atoms with van der Waals surface area (Å²) in [5, 5.41) is 9.32. The van der Waals surface area contributed by atoms with Crippen LogP contribution in [-0.4, -0.2) is 9.13 Å². The number of furan rings is 2. The van der Waals surface area contributed by atoms with Crippen molar-refractivity contribution < 1.29 is 8.83 Å². The number of para-hydroxylation sites is 7. The Morgan fingerprint density at radius 3 is 1.62 bits per heavy atom. The molecule has 4 nitrogen and oxygen atoms in total. The minimum Gasteiger partial charge on any atom is -0.456 e. The smallest absolute Gasteiger partial charge is 0.143 e. The molecule has 0 aliphatic rings. The maximum atomic E-state index is 6.70.